The average molecular weight is 377 g/mol. The molecule has 0 atom stereocenters. The second-order valence-corrected chi connectivity index (χ2v) is 6.33. The SMILES string of the molecule is COc1ccc(OC)c(Nc2cncc(C(=O)NCc3cccc(C)c3)c2)c1. The zero-order chi connectivity index (χ0) is 19.9. The van der Waals surface area contributed by atoms with Crippen molar-refractivity contribution in [2.24, 2.45) is 0 Å². The zero-order valence-corrected chi connectivity index (χ0v) is 16.2. The molecule has 0 unspecified atom stereocenters. The van der Waals surface area contributed by atoms with E-state index in [1.54, 1.807) is 32.7 Å². The lowest BCUT2D eigenvalue weighted by Crippen LogP contribution is -2.23. The number of pyridine rings is 1. The number of ether oxygens (including phenoxy) is 2. The van der Waals surface area contributed by atoms with E-state index in [1.807, 2.05) is 49.4 Å². The van der Waals surface area contributed by atoms with Crippen LogP contribution in [0.5, 0.6) is 11.5 Å². The average Bonchev–Trinajstić information content (AvgIpc) is 2.72. The predicted octanol–water partition coefficient (Wildman–Crippen LogP) is 4.08. The van der Waals surface area contributed by atoms with Crippen LogP contribution in [-0.2, 0) is 6.54 Å². The van der Waals surface area contributed by atoms with E-state index in [-0.39, 0.29) is 5.91 Å². The summed E-state index contributed by atoms with van der Waals surface area (Å²) in [7, 11) is 3.20. The van der Waals surface area contributed by atoms with Crippen LogP contribution >= 0.6 is 0 Å². The first-order chi connectivity index (χ1) is 13.6. The van der Waals surface area contributed by atoms with Crippen molar-refractivity contribution in [3.8, 4) is 11.5 Å². The van der Waals surface area contributed by atoms with Crippen molar-refractivity contribution in [3.05, 3.63) is 77.6 Å². The number of amides is 1. The van der Waals surface area contributed by atoms with Gasteiger partial charge in [-0.1, -0.05) is 29.8 Å². The molecule has 3 aromatic rings. The molecule has 0 saturated heterocycles. The molecule has 2 N–H and O–H groups in total. The maximum Gasteiger partial charge on any atom is 0.253 e. The maximum absolute atomic E-state index is 12.5. The van der Waals surface area contributed by atoms with Crippen molar-refractivity contribution in [1.82, 2.24) is 10.3 Å². The second kappa shape index (κ2) is 8.90. The summed E-state index contributed by atoms with van der Waals surface area (Å²) in [6.07, 6.45) is 3.19. The molecule has 0 bridgehead atoms. The monoisotopic (exact) mass is 377 g/mol. The van der Waals surface area contributed by atoms with Crippen LogP contribution in [0.3, 0.4) is 0 Å². The number of methoxy groups -OCH3 is 2. The Morgan fingerprint density at radius 1 is 1.04 bits per heavy atom. The van der Waals surface area contributed by atoms with Crippen LogP contribution in [0.15, 0.2) is 60.9 Å². The first kappa shape index (κ1) is 19.2. The van der Waals surface area contributed by atoms with E-state index >= 15 is 0 Å². The standard InChI is InChI=1S/C22H23N3O3/c1-15-5-4-6-16(9-15)12-24-22(26)17-10-18(14-23-13-17)25-20-11-19(27-2)7-8-21(20)28-3/h4-11,13-14,25H,12H2,1-3H3,(H,24,26). The lowest BCUT2D eigenvalue weighted by molar-refractivity contribution is 0.0950. The summed E-state index contributed by atoms with van der Waals surface area (Å²) in [6, 6.07) is 15.2. The topological polar surface area (TPSA) is 72.5 Å². The lowest BCUT2D eigenvalue weighted by Gasteiger charge is -2.13. The molecule has 1 heterocycles. The van der Waals surface area contributed by atoms with E-state index in [2.05, 4.69) is 15.6 Å². The third-order valence-electron chi connectivity index (χ3n) is 4.22. The number of rotatable bonds is 7. The summed E-state index contributed by atoms with van der Waals surface area (Å²) in [5.74, 6) is 1.17. The number of hydrogen-bond acceptors (Lipinski definition) is 5. The minimum Gasteiger partial charge on any atom is -0.497 e. The van der Waals surface area contributed by atoms with Crippen LogP contribution in [0.1, 0.15) is 21.5 Å². The van der Waals surface area contributed by atoms with Crippen molar-refractivity contribution in [2.75, 3.05) is 19.5 Å². The molecule has 0 aliphatic carbocycles. The van der Waals surface area contributed by atoms with Crippen LogP contribution in [-0.4, -0.2) is 25.1 Å². The molecule has 0 fully saturated rings. The molecule has 6 nitrogen and oxygen atoms in total. The summed E-state index contributed by atoms with van der Waals surface area (Å²) >= 11 is 0. The van der Waals surface area contributed by atoms with Crippen molar-refractivity contribution < 1.29 is 14.3 Å². The number of nitrogens with one attached hydrogen (secondary N) is 2. The summed E-state index contributed by atoms with van der Waals surface area (Å²) in [5, 5.41) is 6.15. The fraction of sp³-hybridized carbons (Fsp3) is 0.182. The van der Waals surface area contributed by atoms with E-state index in [9.17, 15) is 4.79 Å². The molecule has 2 aromatic carbocycles. The Bertz CT molecular complexity index is 973. The van der Waals surface area contributed by atoms with Gasteiger partial charge in [-0.3, -0.25) is 9.78 Å². The third kappa shape index (κ3) is 4.79. The minimum absolute atomic E-state index is 0.185. The molecule has 28 heavy (non-hydrogen) atoms. The number of aryl methyl sites for hydroxylation is 1. The molecule has 144 valence electrons. The summed E-state index contributed by atoms with van der Waals surface area (Å²) in [5.41, 5.74) is 4.08. The van der Waals surface area contributed by atoms with E-state index in [0.717, 1.165) is 16.8 Å². The molecule has 0 aliphatic heterocycles. The lowest BCUT2D eigenvalue weighted by atomic mass is 10.1. The number of aromatic nitrogens is 1. The Morgan fingerprint density at radius 3 is 2.64 bits per heavy atom. The third-order valence-corrected chi connectivity index (χ3v) is 4.22. The number of carbonyl (C=O) groups excluding carboxylic acids is 1. The fourth-order valence-electron chi connectivity index (χ4n) is 2.81. The molecule has 0 radical (unpaired) electrons. The highest BCUT2D eigenvalue weighted by Crippen LogP contribution is 2.31. The summed E-state index contributed by atoms with van der Waals surface area (Å²) < 4.78 is 10.6. The zero-order valence-electron chi connectivity index (χ0n) is 16.2. The quantitative estimate of drug-likeness (QED) is 0.649. The smallest absolute Gasteiger partial charge is 0.253 e. The van der Waals surface area contributed by atoms with Crippen LogP contribution in [0, 0.1) is 6.92 Å². The van der Waals surface area contributed by atoms with Gasteiger partial charge in [0.1, 0.15) is 11.5 Å². The van der Waals surface area contributed by atoms with Crippen molar-refractivity contribution in [2.45, 2.75) is 13.5 Å². The molecular weight excluding hydrogens is 354 g/mol. The van der Waals surface area contributed by atoms with Gasteiger partial charge < -0.3 is 20.1 Å². The number of hydrogen-bond donors (Lipinski definition) is 2. The maximum atomic E-state index is 12.5. The Labute approximate surface area is 164 Å². The van der Waals surface area contributed by atoms with Gasteiger partial charge >= 0.3 is 0 Å². The number of nitrogens with zero attached hydrogens (tertiary/aromatic N) is 1. The van der Waals surface area contributed by atoms with Gasteiger partial charge in [0.25, 0.3) is 5.91 Å². The molecule has 0 saturated carbocycles. The highest BCUT2D eigenvalue weighted by molar-refractivity contribution is 5.94. The Balaban J connectivity index is 1.72. The van der Waals surface area contributed by atoms with Crippen LogP contribution in [0.2, 0.25) is 0 Å². The molecule has 6 heteroatoms. The van der Waals surface area contributed by atoms with Crippen LogP contribution < -0.4 is 20.1 Å². The van der Waals surface area contributed by atoms with Crippen molar-refractivity contribution in [1.29, 1.82) is 0 Å². The number of carbonyl (C=O) groups is 1. The van der Waals surface area contributed by atoms with E-state index in [0.29, 0.717) is 29.3 Å². The summed E-state index contributed by atoms with van der Waals surface area (Å²) in [6.45, 7) is 2.49. The normalized spacial score (nSPS) is 10.2. The van der Waals surface area contributed by atoms with Gasteiger partial charge in [-0.25, -0.2) is 0 Å². The fourth-order valence-corrected chi connectivity index (χ4v) is 2.81. The van der Waals surface area contributed by atoms with Gasteiger partial charge in [0.2, 0.25) is 0 Å². The minimum atomic E-state index is -0.185. The number of benzene rings is 2. The van der Waals surface area contributed by atoms with Crippen molar-refractivity contribution >= 4 is 17.3 Å². The Morgan fingerprint density at radius 2 is 1.89 bits per heavy atom. The van der Waals surface area contributed by atoms with Gasteiger partial charge in [0, 0.05) is 18.8 Å². The Hall–Kier alpha value is -3.54. The van der Waals surface area contributed by atoms with Crippen molar-refractivity contribution in [3.63, 3.8) is 0 Å². The van der Waals surface area contributed by atoms with Gasteiger partial charge in [0.05, 0.1) is 37.4 Å². The molecule has 0 spiro atoms. The van der Waals surface area contributed by atoms with Crippen LogP contribution in [0.25, 0.3) is 0 Å². The summed E-state index contributed by atoms with van der Waals surface area (Å²) in [4.78, 5) is 16.7. The molecule has 0 aliphatic rings. The van der Waals surface area contributed by atoms with Gasteiger partial charge in [-0.2, -0.15) is 0 Å². The van der Waals surface area contributed by atoms with Gasteiger partial charge in [-0.15, -0.1) is 0 Å². The largest absolute Gasteiger partial charge is 0.497 e. The first-order valence-electron chi connectivity index (χ1n) is 8.87. The molecular formula is C22H23N3O3. The van der Waals surface area contributed by atoms with Gasteiger partial charge in [-0.05, 0) is 30.7 Å². The Kier molecular flexibility index (Phi) is 6.11. The van der Waals surface area contributed by atoms with E-state index < -0.39 is 0 Å². The predicted molar refractivity (Wildman–Crippen MR) is 109 cm³/mol. The molecule has 1 amide bonds. The van der Waals surface area contributed by atoms with E-state index in [4.69, 9.17) is 9.47 Å². The highest BCUT2D eigenvalue weighted by Gasteiger charge is 2.10. The first-order valence-corrected chi connectivity index (χ1v) is 8.87. The van der Waals surface area contributed by atoms with E-state index in [1.165, 1.54) is 0 Å². The molecule has 1 aromatic heterocycles. The molecule has 3 rings (SSSR count). The highest BCUT2D eigenvalue weighted by atomic mass is 16.5. The second-order valence-electron chi connectivity index (χ2n) is 6.33. The van der Waals surface area contributed by atoms with Gasteiger partial charge in [0.15, 0.2) is 0 Å². The van der Waals surface area contributed by atoms with Crippen LogP contribution in [0.4, 0.5) is 11.4 Å². The number of anilines is 2.